The third-order valence-electron chi connectivity index (χ3n) is 4.98. The highest BCUT2D eigenvalue weighted by Gasteiger charge is 2.52. The van der Waals surface area contributed by atoms with Crippen LogP contribution < -0.4 is 5.32 Å². The van der Waals surface area contributed by atoms with Crippen molar-refractivity contribution in [2.75, 3.05) is 13.6 Å². The van der Waals surface area contributed by atoms with Crippen LogP contribution >= 0.6 is 0 Å². The average molecular weight is 383 g/mol. The fourth-order valence-electron chi connectivity index (χ4n) is 3.52. The van der Waals surface area contributed by atoms with E-state index in [0.717, 1.165) is 16.2 Å². The first kappa shape index (κ1) is 19.7. The van der Waals surface area contributed by atoms with E-state index in [2.05, 4.69) is 5.32 Å². The van der Waals surface area contributed by atoms with E-state index in [4.69, 9.17) is 4.42 Å². The quantitative estimate of drug-likeness (QED) is 0.746. The lowest BCUT2D eigenvalue weighted by molar-refractivity contribution is -0.139. The topological polar surface area (TPSA) is 82.9 Å². The summed E-state index contributed by atoms with van der Waals surface area (Å²) < 4.78 is 5.49. The third kappa shape index (κ3) is 3.65. The molecule has 148 valence electrons. The summed E-state index contributed by atoms with van der Waals surface area (Å²) in [6.45, 7) is 3.75. The maximum Gasteiger partial charge on any atom is 0.325 e. The minimum atomic E-state index is -1.12. The molecule has 0 unspecified atom stereocenters. The highest BCUT2D eigenvalue weighted by atomic mass is 16.3. The van der Waals surface area contributed by atoms with Crippen LogP contribution in [0.3, 0.4) is 0 Å². The van der Waals surface area contributed by atoms with Crippen LogP contribution in [0.25, 0.3) is 0 Å². The van der Waals surface area contributed by atoms with Crippen molar-refractivity contribution >= 4 is 17.8 Å². The molecule has 4 amide bonds. The Labute approximate surface area is 164 Å². The van der Waals surface area contributed by atoms with Crippen molar-refractivity contribution in [2.45, 2.75) is 38.8 Å². The molecular weight excluding hydrogens is 358 g/mol. The zero-order valence-electron chi connectivity index (χ0n) is 16.4. The Morgan fingerprint density at radius 2 is 1.89 bits per heavy atom. The number of imide groups is 1. The Kier molecular flexibility index (Phi) is 5.53. The molecule has 1 fully saturated rings. The van der Waals surface area contributed by atoms with Gasteiger partial charge in [0.05, 0.1) is 6.54 Å². The van der Waals surface area contributed by atoms with Gasteiger partial charge in [0.2, 0.25) is 5.91 Å². The minimum absolute atomic E-state index is 0.273. The van der Waals surface area contributed by atoms with Gasteiger partial charge in [0.15, 0.2) is 0 Å². The second-order valence-corrected chi connectivity index (χ2v) is 7.10. The molecular formula is C21H25N3O4. The van der Waals surface area contributed by atoms with Gasteiger partial charge in [0, 0.05) is 7.05 Å². The molecule has 0 aliphatic carbocycles. The zero-order chi connectivity index (χ0) is 20.3. The monoisotopic (exact) mass is 383 g/mol. The molecule has 1 atom stereocenters. The maximum atomic E-state index is 13.2. The van der Waals surface area contributed by atoms with E-state index in [0.29, 0.717) is 18.6 Å². The van der Waals surface area contributed by atoms with E-state index in [1.165, 1.54) is 4.90 Å². The number of carbonyl (C=O) groups excluding carboxylic acids is 3. The Hall–Kier alpha value is -3.09. The highest BCUT2D eigenvalue weighted by Crippen LogP contribution is 2.33. The molecule has 0 saturated carbocycles. The molecule has 0 spiro atoms. The number of rotatable bonds is 7. The molecule has 2 heterocycles. The number of likely N-dealkylation sites (N-methyl/N-ethyl adjacent to an activating group) is 1. The van der Waals surface area contributed by atoms with Crippen LogP contribution in [0.4, 0.5) is 4.79 Å². The smallest absolute Gasteiger partial charge is 0.325 e. The van der Waals surface area contributed by atoms with Gasteiger partial charge in [0.25, 0.3) is 5.91 Å². The normalized spacial score (nSPS) is 19.0. The van der Waals surface area contributed by atoms with Crippen molar-refractivity contribution in [3.05, 3.63) is 59.5 Å². The molecule has 1 aliphatic rings. The van der Waals surface area contributed by atoms with Crippen molar-refractivity contribution < 1.29 is 18.8 Å². The summed E-state index contributed by atoms with van der Waals surface area (Å²) in [5.41, 5.74) is -0.395. The van der Waals surface area contributed by atoms with Crippen LogP contribution in [-0.2, 0) is 21.7 Å². The van der Waals surface area contributed by atoms with E-state index < -0.39 is 11.6 Å². The van der Waals surface area contributed by atoms with E-state index in [9.17, 15) is 14.4 Å². The number of carbonyl (C=O) groups is 3. The third-order valence-corrected chi connectivity index (χ3v) is 4.98. The number of nitrogens with one attached hydrogen (secondary N) is 1. The van der Waals surface area contributed by atoms with Crippen LogP contribution in [0.1, 0.15) is 36.8 Å². The van der Waals surface area contributed by atoms with Gasteiger partial charge in [-0.25, -0.2) is 4.79 Å². The van der Waals surface area contributed by atoms with Gasteiger partial charge in [0.1, 0.15) is 23.6 Å². The van der Waals surface area contributed by atoms with E-state index in [-0.39, 0.29) is 24.9 Å². The largest absolute Gasteiger partial charge is 0.464 e. The summed E-state index contributed by atoms with van der Waals surface area (Å²) in [6, 6.07) is 12.3. The van der Waals surface area contributed by atoms with Crippen molar-refractivity contribution in [3.63, 3.8) is 0 Å². The van der Waals surface area contributed by atoms with Gasteiger partial charge in [-0.2, -0.15) is 0 Å². The van der Waals surface area contributed by atoms with Crippen LogP contribution in [-0.4, -0.2) is 41.2 Å². The first-order valence-corrected chi connectivity index (χ1v) is 9.36. The molecule has 1 aliphatic heterocycles. The molecule has 1 aromatic heterocycles. The molecule has 2 aromatic rings. The van der Waals surface area contributed by atoms with Crippen molar-refractivity contribution in [1.82, 2.24) is 15.1 Å². The Morgan fingerprint density at radius 1 is 1.18 bits per heavy atom. The second-order valence-electron chi connectivity index (χ2n) is 7.10. The number of hydrogen-bond acceptors (Lipinski definition) is 4. The Morgan fingerprint density at radius 3 is 2.50 bits per heavy atom. The van der Waals surface area contributed by atoms with E-state index in [1.807, 2.05) is 50.2 Å². The number of nitrogens with zero attached hydrogens (tertiary/aromatic N) is 2. The number of urea groups is 1. The number of amides is 4. The fourth-order valence-corrected chi connectivity index (χ4v) is 3.52. The number of benzene rings is 1. The first-order valence-electron chi connectivity index (χ1n) is 9.36. The van der Waals surface area contributed by atoms with Crippen LogP contribution in [0.15, 0.2) is 46.9 Å². The van der Waals surface area contributed by atoms with Gasteiger partial charge in [-0.3, -0.25) is 14.5 Å². The molecule has 0 radical (unpaired) electrons. The van der Waals surface area contributed by atoms with Gasteiger partial charge >= 0.3 is 6.03 Å². The first-order chi connectivity index (χ1) is 13.4. The van der Waals surface area contributed by atoms with Crippen molar-refractivity contribution in [3.8, 4) is 0 Å². The number of hydrogen-bond donors (Lipinski definition) is 1. The lowest BCUT2D eigenvalue weighted by Gasteiger charge is -2.27. The SMILES string of the molecule is CCC[C@@]1(c2ccccc2)NC(=O)N(CC(=O)N(C)Cc2ccc(C)o2)C1=O. The predicted molar refractivity (Wildman–Crippen MR) is 103 cm³/mol. The van der Waals surface area contributed by atoms with Gasteiger partial charge < -0.3 is 14.6 Å². The standard InChI is InChI=1S/C21H25N3O4/c1-4-12-21(16-8-6-5-7-9-16)19(26)24(20(27)22-21)14-18(25)23(3)13-17-11-10-15(2)28-17/h5-11H,4,12-14H2,1-3H3,(H,22,27)/t21-/m0/s1. The minimum Gasteiger partial charge on any atom is -0.464 e. The molecule has 7 heteroatoms. The van der Waals surface area contributed by atoms with Gasteiger partial charge in [-0.1, -0.05) is 43.7 Å². The summed E-state index contributed by atoms with van der Waals surface area (Å²) in [7, 11) is 1.62. The summed E-state index contributed by atoms with van der Waals surface area (Å²) in [5, 5.41) is 2.83. The lowest BCUT2D eigenvalue weighted by Crippen LogP contribution is -2.45. The average Bonchev–Trinajstić information content (AvgIpc) is 3.19. The Bertz CT molecular complexity index is 877. The van der Waals surface area contributed by atoms with Crippen molar-refractivity contribution in [2.24, 2.45) is 0 Å². The summed E-state index contributed by atoms with van der Waals surface area (Å²) in [6.07, 6.45) is 1.17. The van der Waals surface area contributed by atoms with Gasteiger partial charge in [-0.15, -0.1) is 0 Å². The summed E-state index contributed by atoms with van der Waals surface area (Å²) in [5.74, 6) is 0.686. The Balaban J connectivity index is 1.76. The zero-order valence-corrected chi connectivity index (χ0v) is 16.4. The molecule has 7 nitrogen and oxygen atoms in total. The molecule has 28 heavy (non-hydrogen) atoms. The summed E-state index contributed by atoms with van der Waals surface area (Å²) in [4.78, 5) is 40.8. The van der Waals surface area contributed by atoms with Crippen LogP contribution in [0.5, 0.6) is 0 Å². The fraction of sp³-hybridized carbons (Fsp3) is 0.381. The van der Waals surface area contributed by atoms with Crippen LogP contribution in [0.2, 0.25) is 0 Å². The molecule has 0 bridgehead atoms. The van der Waals surface area contributed by atoms with E-state index >= 15 is 0 Å². The molecule has 1 aromatic carbocycles. The predicted octanol–water partition coefficient (Wildman–Crippen LogP) is 2.79. The van der Waals surface area contributed by atoms with Gasteiger partial charge in [-0.05, 0) is 31.0 Å². The molecule has 3 rings (SSSR count). The number of aryl methyl sites for hydroxylation is 1. The van der Waals surface area contributed by atoms with E-state index in [1.54, 1.807) is 13.1 Å². The van der Waals surface area contributed by atoms with Crippen LogP contribution in [0, 0.1) is 6.92 Å². The maximum absolute atomic E-state index is 13.2. The molecule has 1 N–H and O–H groups in total. The highest BCUT2D eigenvalue weighted by molar-refractivity contribution is 6.09. The number of furan rings is 1. The van der Waals surface area contributed by atoms with Crippen molar-refractivity contribution in [1.29, 1.82) is 0 Å². The lowest BCUT2D eigenvalue weighted by atomic mass is 9.85. The molecule has 1 saturated heterocycles. The second kappa shape index (κ2) is 7.88. The summed E-state index contributed by atoms with van der Waals surface area (Å²) >= 11 is 0.